The lowest BCUT2D eigenvalue weighted by atomic mass is 9.92. The minimum absolute atomic E-state index is 0.685. The van der Waals surface area contributed by atoms with Gasteiger partial charge in [0.15, 0.2) is 5.82 Å². The maximum atomic E-state index is 6.70. The van der Waals surface area contributed by atoms with E-state index in [1.165, 1.54) is 49.3 Å². The van der Waals surface area contributed by atoms with E-state index in [1.807, 2.05) is 12.1 Å². The first-order chi connectivity index (χ1) is 30.5. The van der Waals surface area contributed by atoms with E-state index in [4.69, 9.17) is 14.4 Å². The Morgan fingerprint density at radius 1 is 0.387 bits per heavy atom. The smallest absolute Gasteiger partial charge is 0.160 e. The van der Waals surface area contributed by atoms with E-state index >= 15 is 0 Å². The van der Waals surface area contributed by atoms with Gasteiger partial charge >= 0.3 is 0 Å². The van der Waals surface area contributed by atoms with Gasteiger partial charge in [-0.05, 0) is 115 Å². The second-order valence-electron chi connectivity index (χ2n) is 16.9. The molecule has 0 bridgehead atoms. The summed E-state index contributed by atoms with van der Waals surface area (Å²) in [5.41, 5.74) is 17.4. The van der Waals surface area contributed by atoms with Crippen molar-refractivity contribution < 1.29 is 4.42 Å². The third-order valence-electron chi connectivity index (χ3n) is 12.9. The predicted octanol–water partition coefficient (Wildman–Crippen LogP) is 14.3. The predicted molar refractivity (Wildman–Crippen MR) is 262 cm³/mol. The normalized spacial score (nSPS) is 12.8. The Hall–Kier alpha value is -7.66. The zero-order valence-electron chi connectivity index (χ0n) is 34.4. The van der Waals surface area contributed by atoms with Crippen LogP contribution >= 0.6 is 0 Å². The Morgan fingerprint density at radius 2 is 0.903 bits per heavy atom. The lowest BCUT2D eigenvalue weighted by molar-refractivity contribution is 0.670. The highest BCUT2D eigenvalue weighted by molar-refractivity contribution is 7.04. The number of aromatic nitrogens is 2. The highest BCUT2D eigenvalue weighted by Crippen LogP contribution is 2.43. The number of hydrogen-bond donors (Lipinski definition) is 0. The SMILES string of the molecule is C[Si]1(C)c2ccccc2-c2c1ccc1nc(-c3cccc(-c4cccc(-c5cc(-c6ccccc6)cc(-c6ccccc6)c5)c4)c3)nc(-c3cccc4c3oc3ccccc34)c21. The van der Waals surface area contributed by atoms with Crippen LogP contribution in [0.3, 0.4) is 0 Å². The van der Waals surface area contributed by atoms with E-state index in [2.05, 4.69) is 207 Å². The molecule has 0 aliphatic carbocycles. The Morgan fingerprint density at radius 3 is 1.63 bits per heavy atom. The van der Waals surface area contributed by atoms with Crippen molar-refractivity contribution in [3.63, 3.8) is 0 Å². The molecule has 0 N–H and O–H groups in total. The Kier molecular flexibility index (Phi) is 8.31. The highest BCUT2D eigenvalue weighted by Gasteiger charge is 2.39. The molecular weight excluding hydrogens is 769 g/mol. The maximum absolute atomic E-state index is 6.70. The molecule has 0 atom stereocenters. The van der Waals surface area contributed by atoms with Crippen molar-refractivity contribution in [3.05, 3.63) is 206 Å². The summed E-state index contributed by atoms with van der Waals surface area (Å²) in [6, 6.07) is 74.0. The van der Waals surface area contributed by atoms with Crippen LogP contribution in [0.15, 0.2) is 211 Å². The first kappa shape index (κ1) is 36.2. The summed E-state index contributed by atoms with van der Waals surface area (Å²) >= 11 is 0. The van der Waals surface area contributed by atoms with Gasteiger partial charge in [0, 0.05) is 27.3 Å². The van der Waals surface area contributed by atoms with Gasteiger partial charge in [-0.25, -0.2) is 9.97 Å². The molecule has 0 spiro atoms. The summed E-state index contributed by atoms with van der Waals surface area (Å²) in [5, 5.41) is 6.15. The van der Waals surface area contributed by atoms with Crippen LogP contribution in [0.1, 0.15) is 0 Å². The maximum Gasteiger partial charge on any atom is 0.160 e. The van der Waals surface area contributed by atoms with Crippen molar-refractivity contribution >= 4 is 51.3 Å². The fourth-order valence-corrected chi connectivity index (χ4v) is 12.8. The molecule has 0 unspecified atom stereocenters. The lowest BCUT2D eigenvalue weighted by Crippen LogP contribution is -2.49. The topological polar surface area (TPSA) is 38.9 Å². The van der Waals surface area contributed by atoms with Gasteiger partial charge in [0.2, 0.25) is 0 Å². The van der Waals surface area contributed by atoms with E-state index in [-0.39, 0.29) is 0 Å². The number of para-hydroxylation sites is 2. The molecule has 11 aromatic rings. The van der Waals surface area contributed by atoms with Gasteiger partial charge in [0.1, 0.15) is 19.2 Å². The highest BCUT2D eigenvalue weighted by atomic mass is 28.3. The number of hydrogen-bond acceptors (Lipinski definition) is 3. The molecule has 1 aliphatic rings. The molecule has 292 valence electrons. The number of fused-ring (bicyclic) bond motifs is 8. The van der Waals surface area contributed by atoms with Crippen LogP contribution in [0, 0.1) is 0 Å². The van der Waals surface area contributed by atoms with Crippen molar-refractivity contribution in [1.82, 2.24) is 9.97 Å². The van der Waals surface area contributed by atoms with E-state index in [9.17, 15) is 0 Å². The first-order valence-electron chi connectivity index (χ1n) is 21.3. The number of rotatable bonds is 6. The van der Waals surface area contributed by atoms with Crippen molar-refractivity contribution in [1.29, 1.82) is 0 Å². The largest absolute Gasteiger partial charge is 0.455 e. The average molecular weight is 809 g/mol. The second kappa shape index (κ2) is 14.2. The van der Waals surface area contributed by atoms with Crippen LogP contribution in [0.5, 0.6) is 0 Å². The summed E-state index contributed by atoms with van der Waals surface area (Å²) in [6.07, 6.45) is 0. The third kappa shape index (κ3) is 5.87. The fourth-order valence-electron chi connectivity index (χ4n) is 9.78. The summed E-state index contributed by atoms with van der Waals surface area (Å²) in [5.74, 6) is 0.685. The summed E-state index contributed by atoms with van der Waals surface area (Å²) in [6.45, 7) is 4.92. The van der Waals surface area contributed by atoms with Gasteiger partial charge in [-0.15, -0.1) is 0 Å². The average Bonchev–Trinajstić information content (AvgIpc) is 3.83. The van der Waals surface area contributed by atoms with E-state index < -0.39 is 8.07 Å². The standard InChI is InChI=1S/C58H40N2OSi/c1-62(2)52-29-12-10-25-48(52)54-53(62)31-30-50-55(54)56(49-27-15-26-47-46-24-9-11-28-51(46)61-57(47)49)60-58(59-50)42-23-14-21-40(33-42)39-20-13-22-41(32-39)45-35-43(37-16-5-3-6-17-37)34-44(36-45)38-18-7-4-8-19-38/h3-36H,1-2H3. The van der Waals surface area contributed by atoms with Crippen molar-refractivity contribution in [3.8, 4) is 78.3 Å². The molecule has 9 aromatic carbocycles. The van der Waals surface area contributed by atoms with Crippen LogP contribution in [0.2, 0.25) is 13.1 Å². The van der Waals surface area contributed by atoms with Gasteiger partial charge < -0.3 is 4.42 Å². The Labute approximate surface area is 361 Å². The number of furan rings is 1. The van der Waals surface area contributed by atoms with Gasteiger partial charge in [-0.3, -0.25) is 0 Å². The van der Waals surface area contributed by atoms with Gasteiger partial charge in [-0.2, -0.15) is 0 Å². The van der Waals surface area contributed by atoms with Crippen molar-refractivity contribution in [2.24, 2.45) is 0 Å². The molecule has 12 rings (SSSR count). The minimum atomic E-state index is -1.97. The van der Waals surface area contributed by atoms with Crippen LogP contribution < -0.4 is 10.4 Å². The monoisotopic (exact) mass is 808 g/mol. The van der Waals surface area contributed by atoms with Crippen molar-refractivity contribution in [2.45, 2.75) is 13.1 Å². The van der Waals surface area contributed by atoms with Crippen LogP contribution in [-0.2, 0) is 0 Å². The summed E-state index contributed by atoms with van der Waals surface area (Å²) < 4.78 is 6.70. The first-order valence-corrected chi connectivity index (χ1v) is 24.3. The molecule has 4 heteroatoms. The summed E-state index contributed by atoms with van der Waals surface area (Å²) in [7, 11) is -1.97. The zero-order valence-corrected chi connectivity index (χ0v) is 35.4. The van der Waals surface area contributed by atoms with E-state index in [0.29, 0.717) is 5.82 Å². The lowest BCUT2D eigenvalue weighted by Gasteiger charge is -2.19. The molecule has 0 fully saturated rings. The quantitative estimate of drug-likeness (QED) is 0.157. The Bertz CT molecular complexity index is 3490. The molecule has 3 heterocycles. The van der Waals surface area contributed by atoms with E-state index in [0.717, 1.165) is 66.4 Å². The molecule has 1 aliphatic heterocycles. The Balaban J connectivity index is 1.03. The molecule has 0 saturated heterocycles. The fraction of sp³-hybridized carbons (Fsp3) is 0.0345. The third-order valence-corrected chi connectivity index (χ3v) is 16.4. The van der Waals surface area contributed by atoms with E-state index in [1.54, 1.807) is 0 Å². The number of nitrogens with zero attached hydrogens (tertiary/aromatic N) is 2. The second-order valence-corrected chi connectivity index (χ2v) is 21.2. The van der Waals surface area contributed by atoms with Crippen LogP contribution in [-0.4, -0.2) is 18.0 Å². The minimum Gasteiger partial charge on any atom is -0.455 e. The van der Waals surface area contributed by atoms with Gasteiger partial charge in [-0.1, -0.05) is 171 Å². The molecular formula is C58H40N2OSi. The van der Waals surface area contributed by atoms with Gasteiger partial charge in [0.25, 0.3) is 0 Å². The van der Waals surface area contributed by atoms with Gasteiger partial charge in [0.05, 0.1) is 11.2 Å². The summed E-state index contributed by atoms with van der Waals surface area (Å²) in [4.78, 5) is 11.0. The van der Waals surface area contributed by atoms with Crippen LogP contribution in [0.4, 0.5) is 0 Å². The molecule has 0 saturated carbocycles. The molecule has 0 radical (unpaired) electrons. The molecule has 0 amide bonds. The molecule has 62 heavy (non-hydrogen) atoms. The molecule has 2 aromatic heterocycles. The number of benzene rings is 9. The zero-order chi connectivity index (χ0) is 41.4. The molecule has 3 nitrogen and oxygen atoms in total. The van der Waals surface area contributed by atoms with Crippen molar-refractivity contribution in [2.75, 3.05) is 0 Å². The van der Waals surface area contributed by atoms with Crippen LogP contribution in [0.25, 0.3) is 111 Å².